The van der Waals surface area contributed by atoms with E-state index in [9.17, 15) is 8.78 Å². The van der Waals surface area contributed by atoms with Crippen LogP contribution in [0.5, 0.6) is 0 Å². The number of hydrogen-bond acceptors (Lipinski definition) is 2. The molecule has 2 fully saturated rings. The molecule has 2 saturated heterocycles. The van der Waals surface area contributed by atoms with Gasteiger partial charge in [0, 0.05) is 29.8 Å². The van der Waals surface area contributed by atoms with Crippen molar-refractivity contribution in [3.63, 3.8) is 0 Å². The Morgan fingerprint density at radius 3 is 2.57 bits per heavy atom. The van der Waals surface area contributed by atoms with E-state index in [4.69, 9.17) is 0 Å². The first-order chi connectivity index (χ1) is 10.2. The minimum atomic E-state index is -0.499. The second-order valence-electron chi connectivity index (χ2n) is 6.00. The van der Waals surface area contributed by atoms with E-state index >= 15 is 0 Å². The summed E-state index contributed by atoms with van der Waals surface area (Å²) in [6, 6.07) is 8.85. The topological polar surface area (TPSA) is 24.9 Å². The lowest BCUT2D eigenvalue weighted by atomic mass is 9.84. The lowest BCUT2D eigenvalue weighted by Gasteiger charge is -2.20. The van der Waals surface area contributed by atoms with Gasteiger partial charge in [-0.25, -0.2) is 9.37 Å². The van der Waals surface area contributed by atoms with E-state index in [1.807, 2.05) is 6.07 Å². The Hall–Kier alpha value is -1.81. The van der Waals surface area contributed by atoms with E-state index in [-0.39, 0.29) is 5.82 Å². The number of pyridine rings is 1. The van der Waals surface area contributed by atoms with Crippen LogP contribution < -0.4 is 5.32 Å². The maximum atomic E-state index is 14.0. The van der Waals surface area contributed by atoms with Crippen molar-refractivity contribution in [3.8, 4) is 11.1 Å². The number of halogens is 2. The van der Waals surface area contributed by atoms with Gasteiger partial charge in [-0.15, -0.1) is 0 Å². The van der Waals surface area contributed by atoms with Crippen LogP contribution in [0.15, 0.2) is 36.5 Å². The summed E-state index contributed by atoms with van der Waals surface area (Å²) in [4.78, 5) is 3.92. The third kappa shape index (κ3) is 2.23. The first-order valence-electron chi connectivity index (χ1n) is 7.38. The predicted octanol–water partition coefficient (Wildman–Crippen LogP) is 3.63. The van der Waals surface area contributed by atoms with Crippen molar-refractivity contribution in [2.75, 3.05) is 0 Å². The fourth-order valence-electron chi connectivity index (χ4n) is 3.69. The lowest BCUT2D eigenvalue weighted by Crippen LogP contribution is -2.21. The van der Waals surface area contributed by atoms with Crippen molar-refractivity contribution in [1.82, 2.24) is 10.3 Å². The molecule has 21 heavy (non-hydrogen) atoms. The van der Waals surface area contributed by atoms with Crippen LogP contribution in [0.2, 0.25) is 0 Å². The second kappa shape index (κ2) is 4.88. The molecule has 0 amide bonds. The average Bonchev–Trinajstić information content (AvgIpc) is 3.12. The molecular weight excluding hydrogens is 270 g/mol. The summed E-state index contributed by atoms with van der Waals surface area (Å²) < 4.78 is 27.0. The maximum Gasteiger partial charge on any atom is 0.220 e. The van der Waals surface area contributed by atoms with Gasteiger partial charge in [0.2, 0.25) is 5.95 Å². The quantitative estimate of drug-likeness (QED) is 0.853. The molecule has 4 heteroatoms. The molecule has 2 aromatic rings. The molecule has 2 bridgehead atoms. The normalized spacial score (nSPS) is 27.2. The summed E-state index contributed by atoms with van der Waals surface area (Å²) in [7, 11) is 0. The van der Waals surface area contributed by atoms with Gasteiger partial charge < -0.3 is 5.32 Å². The Kier molecular flexibility index (Phi) is 3.00. The van der Waals surface area contributed by atoms with E-state index in [1.165, 1.54) is 25.0 Å². The number of nitrogens with zero attached hydrogens (tertiary/aromatic N) is 1. The summed E-state index contributed by atoms with van der Waals surface area (Å²) >= 11 is 0. The molecule has 3 heterocycles. The van der Waals surface area contributed by atoms with Gasteiger partial charge >= 0.3 is 0 Å². The number of hydrogen-bond donors (Lipinski definition) is 1. The molecule has 0 radical (unpaired) electrons. The van der Waals surface area contributed by atoms with Gasteiger partial charge in [-0.05, 0) is 48.6 Å². The van der Waals surface area contributed by atoms with Gasteiger partial charge in [-0.3, -0.25) is 0 Å². The number of nitrogens with one attached hydrogen (secondary N) is 1. The minimum absolute atomic E-state index is 0.319. The first-order valence-corrected chi connectivity index (χ1v) is 7.38. The zero-order chi connectivity index (χ0) is 14.4. The van der Waals surface area contributed by atoms with Crippen LogP contribution in [0.3, 0.4) is 0 Å². The largest absolute Gasteiger partial charge is 0.311 e. The van der Waals surface area contributed by atoms with Crippen LogP contribution in [-0.2, 0) is 0 Å². The Morgan fingerprint density at radius 2 is 1.90 bits per heavy atom. The lowest BCUT2D eigenvalue weighted by molar-refractivity contribution is 0.502. The number of rotatable bonds is 2. The van der Waals surface area contributed by atoms with Crippen molar-refractivity contribution in [2.24, 2.45) is 0 Å². The molecule has 0 aliphatic carbocycles. The monoisotopic (exact) mass is 286 g/mol. The molecule has 1 aromatic heterocycles. The standard InChI is InChI=1S/C17H16F2N2/c18-12-3-1-10(2-4-12)15-7-11(9-20-17(15)19)14-8-13-5-6-16(14)21-13/h1-4,7,9,13-14,16,21H,5-6,8H2. The molecule has 2 aliphatic heterocycles. The van der Waals surface area contributed by atoms with Crippen LogP contribution in [0.4, 0.5) is 8.78 Å². The van der Waals surface area contributed by atoms with Crippen LogP contribution in [0.25, 0.3) is 11.1 Å². The molecular formula is C17H16F2N2. The summed E-state index contributed by atoms with van der Waals surface area (Å²) in [6.45, 7) is 0. The smallest absolute Gasteiger partial charge is 0.220 e. The molecule has 2 nitrogen and oxygen atoms in total. The average molecular weight is 286 g/mol. The number of aromatic nitrogens is 1. The Balaban J connectivity index is 1.71. The molecule has 1 aromatic carbocycles. The highest BCUT2D eigenvalue weighted by Crippen LogP contribution is 2.40. The molecule has 4 rings (SSSR count). The van der Waals surface area contributed by atoms with Gasteiger partial charge in [0.25, 0.3) is 0 Å². The summed E-state index contributed by atoms with van der Waals surface area (Å²) in [5.41, 5.74) is 2.20. The molecule has 108 valence electrons. The molecule has 0 spiro atoms. The SMILES string of the molecule is Fc1ccc(-c2cc(C3CC4CCC3N4)cnc2F)cc1. The fourth-order valence-corrected chi connectivity index (χ4v) is 3.69. The van der Waals surface area contributed by atoms with Gasteiger partial charge in [0.1, 0.15) is 5.82 Å². The van der Waals surface area contributed by atoms with Gasteiger partial charge in [0.15, 0.2) is 0 Å². The van der Waals surface area contributed by atoms with E-state index in [0.29, 0.717) is 29.1 Å². The van der Waals surface area contributed by atoms with Crippen LogP contribution in [0, 0.1) is 11.8 Å². The first kappa shape index (κ1) is 12.9. The van der Waals surface area contributed by atoms with E-state index < -0.39 is 5.95 Å². The number of benzene rings is 1. The van der Waals surface area contributed by atoms with Crippen molar-refractivity contribution in [2.45, 2.75) is 37.3 Å². The molecule has 0 saturated carbocycles. The van der Waals surface area contributed by atoms with E-state index in [0.717, 1.165) is 12.0 Å². The highest BCUT2D eigenvalue weighted by atomic mass is 19.1. The summed E-state index contributed by atoms with van der Waals surface area (Å²) in [6.07, 6.45) is 5.16. The van der Waals surface area contributed by atoms with Crippen molar-refractivity contribution < 1.29 is 8.78 Å². The predicted molar refractivity (Wildman–Crippen MR) is 76.9 cm³/mol. The van der Waals surface area contributed by atoms with Crippen molar-refractivity contribution in [1.29, 1.82) is 0 Å². The Labute approximate surface area is 122 Å². The third-order valence-corrected chi connectivity index (χ3v) is 4.74. The van der Waals surface area contributed by atoms with Gasteiger partial charge in [0.05, 0.1) is 0 Å². The zero-order valence-electron chi connectivity index (χ0n) is 11.5. The molecule has 3 unspecified atom stereocenters. The molecule has 3 atom stereocenters. The zero-order valence-corrected chi connectivity index (χ0v) is 11.5. The third-order valence-electron chi connectivity index (χ3n) is 4.74. The summed E-state index contributed by atoms with van der Waals surface area (Å²) in [5.74, 6) is -0.405. The van der Waals surface area contributed by atoms with Gasteiger partial charge in [-0.1, -0.05) is 12.1 Å². The van der Waals surface area contributed by atoms with Crippen LogP contribution in [-0.4, -0.2) is 17.1 Å². The molecule has 1 N–H and O–H groups in total. The second-order valence-corrected chi connectivity index (χ2v) is 6.00. The van der Waals surface area contributed by atoms with Crippen molar-refractivity contribution in [3.05, 3.63) is 53.9 Å². The van der Waals surface area contributed by atoms with E-state index in [2.05, 4.69) is 10.3 Å². The Morgan fingerprint density at radius 1 is 1.10 bits per heavy atom. The highest BCUT2D eigenvalue weighted by molar-refractivity contribution is 5.64. The Bertz CT molecular complexity index is 669. The molecule has 2 aliphatic rings. The maximum absolute atomic E-state index is 14.0. The fraction of sp³-hybridized carbons (Fsp3) is 0.353. The van der Waals surface area contributed by atoms with Crippen molar-refractivity contribution >= 4 is 0 Å². The van der Waals surface area contributed by atoms with E-state index in [1.54, 1.807) is 18.3 Å². The summed E-state index contributed by atoms with van der Waals surface area (Å²) in [5, 5.41) is 3.59. The van der Waals surface area contributed by atoms with Crippen LogP contribution in [0.1, 0.15) is 30.7 Å². The minimum Gasteiger partial charge on any atom is -0.311 e. The highest BCUT2D eigenvalue weighted by Gasteiger charge is 2.39. The number of fused-ring (bicyclic) bond motifs is 2. The van der Waals surface area contributed by atoms with Gasteiger partial charge in [-0.2, -0.15) is 4.39 Å². The van der Waals surface area contributed by atoms with Crippen LogP contribution >= 0.6 is 0 Å².